The van der Waals surface area contributed by atoms with Gasteiger partial charge in [-0.1, -0.05) is 0 Å². The van der Waals surface area contributed by atoms with Crippen LogP contribution < -0.4 is 0 Å². The van der Waals surface area contributed by atoms with E-state index < -0.39 is 23.4 Å². The number of ketones is 1. The summed E-state index contributed by atoms with van der Waals surface area (Å²) in [5.41, 5.74) is -0.625. The van der Waals surface area contributed by atoms with Gasteiger partial charge in [-0.3, -0.25) is 4.79 Å². The lowest BCUT2D eigenvalue weighted by Crippen LogP contribution is -2.44. The second-order valence-electron chi connectivity index (χ2n) is 3.03. The maximum atomic E-state index is 12.8. The van der Waals surface area contributed by atoms with Crippen LogP contribution in [-0.2, 0) is 0 Å². The molecule has 0 atom stereocenters. The second-order valence-corrected chi connectivity index (χ2v) is 5.43. The highest BCUT2D eigenvalue weighted by molar-refractivity contribution is 14.1. The minimum atomic E-state index is -5.88. The molecule has 0 spiro atoms. The first-order chi connectivity index (χ1) is 7.57. The average molecular weight is 476 g/mol. The number of carbonyl (C=O) groups is 1. The summed E-state index contributed by atoms with van der Waals surface area (Å²) in [6.07, 6.45) is -5.88. The van der Waals surface area contributed by atoms with Gasteiger partial charge in [-0.2, -0.15) is 22.0 Å². The van der Waals surface area contributed by atoms with Crippen LogP contribution in [-0.4, -0.2) is 17.9 Å². The topological polar surface area (TPSA) is 17.1 Å². The van der Waals surface area contributed by atoms with Gasteiger partial charge >= 0.3 is 12.1 Å². The Bertz CT molecular complexity index is 455. The molecule has 1 aromatic carbocycles. The van der Waals surface area contributed by atoms with E-state index in [9.17, 15) is 26.7 Å². The number of hydrogen-bond acceptors (Lipinski definition) is 1. The van der Waals surface area contributed by atoms with Crippen molar-refractivity contribution in [2.24, 2.45) is 0 Å². The van der Waals surface area contributed by atoms with E-state index in [4.69, 9.17) is 0 Å². The van der Waals surface area contributed by atoms with Crippen molar-refractivity contribution in [1.29, 1.82) is 0 Å². The van der Waals surface area contributed by atoms with E-state index in [1.54, 1.807) is 22.6 Å². The molecular formula is C9H3F5I2O. The third-order valence-corrected chi connectivity index (χ3v) is 3.43. The Balaban J connectivity index is 3.26. The first kappa shape index (κ1) is 15.1. The van der Waals surface area contributed by atoms with Crippen LogP contribution in [0, 0.1) is 7.14 Å². The van der Waals surface area contributed by atoms with Crippen LogP contribution in [0.3, 0.4) is 0 Å². The summed E-state index contributed by atoms with van der Waals surface area (Å²) in [6, 6.07) is 3.82. The predicted octanol–water partition coefficient (Wildman–Crippen LogP) is 4.28. The van der Waals surface area contributed by atoms with E-state index in [0.29, 0.717) is 3.57 Å². The van der Waals surface area contributed by atoms with E-state index in [2.05, 4.69) is 0 Å². The predicted molar refractivity (Wildman–Crippen MR) is 67.2 cm³/mol. The highest BCUT2D eigenvalue weighted by Crippen LogP contribution is 2.38. The zero-order valence-corrected chi connectivity index (χ0v) is 12.1. The molecule has 0 bridgehead atoms. The lowest BCUT2D eigenvalue weighted by molar-refractivity contribution is -0.255. The molecule has 1 rings (SSSR count). The van der Waals surface area contributed by atoms with Crippen molar-refractivity contribution in [2.45, 2.75) is 12.1 Å². The van der Waals surface area contributed by atoms with Gasteiger partial charge in [-0.25, -0.2) is 0 Å². The second kappa shape index (κ2) is 4.94. The molecule has 94 valence electrons. The van der Waals surface area contributed by atoms with E-state index in [1.165, 1.54) is 34.7 Å². The Morgan fingerprint density at radius 3 is 2.06 bits per heavy atom. The fourth-order valence-electron chi connectivity index (χ4n) is 0.969. The van der Waals surface area contributed by atoms with E-state index in [-0.39, 0.29) is 3.57 Å². The van der Waals surface area contributed by atoms with Crippen molar-refractivity contribution in [1.82, 2.24) is 0 Å². The molecule has 0 saturated heterocycles. The van der Waals surface area contributed by atoms with Gasteiger partial charge < -0.3 is 0 Å². The van der Waals surface area contributed by atoms with Crippen LogP contribution in [0.1, 0.15) is 10.4 Å². The molecule has 0 saturated carbocycles. The monoisotopic (exact) mass is 476 g/mol. The maximum Gasteiger partial charge on any atom is 0.461 e. The van der Waals surface area contributed by atoms with Crippen LogP contribution in [0.15, 0.2) is 18.2 Å². The molecular weight excluding hydrogens is 473 g/mol. The third-order valence-electron chi connectivity index (χ3n) is 1.81. The van der Waals surface area contributed by atoms with Crippen LogP contribution in [0.2, 0.25) is 0 Å². The third kappa shape index (κ3) is 3.06. The Hall–Kier alpha value is -0.000000000000000167. The summed E-state index contributed by atoms with van der Waals surface area (Å²) < 4.78 is 62.2. The summed E-state index contributed by atoms with van der Waals surface area (Å²) in [7, 11) is 0. The largest absolute Gasteiger partial charge is 0.461 e. The standard InChI is InChI=1S/C9H3F5I2O/c10-8(11,9(12,13)14)7(17)5-3-4(15)1-2-6(5)16/h1-3H. The number of rotatable bonds is 2. The van der Waals surface area contributed by atoms with Gasteiger partial charge in [-0.05, 0) is 63.4 Å². The first-order valence-electron chi connectivity index (χ1n) is 4.02. The number of alkyl halides is 5. The normalized spacial score (nSPS) is 12.6. The summed E-state index contributed by atoms with van der Waals surface area (Å²) in [6.45, 7) is 0. The fourth-order valence-corrected chi connectivity index (χ4v) is 2.04. The molecule has 0 aliphatic carbocycles. The molecule has 0 radical (unpaired) electrons. The fraction of sp³-hybridized carbons (Fsp3) is 0.222. The smallest absolute Gasteiger partial charge is 0.287 e. The molecule has 0 aliphatic rings. The summed E-state index contributed by atoms with van der Waals surface area (Å²) in [5, 5.41) is 0. The van der Waals surface area contributed by atoms with E-state index in [0.717, 1.165) is 6.07 Å². The van der Waals surface area contributed by atoms with Crippen molar-refractivity contribution in [2.75, 3.05) is 0 Å². The molecule has 0 unspecified atom stereocenters. The van der Waals surface area contributed by atoms with Crippen molar-refractivity contribution < 1.29 is 26.7 Å². The minimum Gasteiger partial charge on any atom is -0.287 e. The number of Topliss-reactive ketones (excluding diaryl/α,β-unsaturated/α-hetero) is 1. The molecule has 8 heteroatoms. The summed E-state index contributed by atoms with van der Waals surface area (Å²) >= 11 is 3.26. The van der Waals surface area contributed by atoms with Crippen molar-refractivity contribution in [3.63, 3.8) is 0 Å². The van der Waals surface area contributed by atoms with E-state index in [1.807, 2.05) is 0 Å². The number of carbonyl (C=O) groups excluding carboxylic acids is 1. The van der Waals surface area contributed by atoms with Gasteiger partial charge in [0.15, 0.2) is 0 Å². The van der Waals surface area contributed by atoms with Gasteiger partial charge in [0.1, 0.15) is 0 Å². The Labute approximate surface area is 120 Å². The average Bonchev–Trinajstić information content (AvgIpc) is 2.19. The highest BCUT2D eigenvalue weighted by Gasteiger charge is 2.63. The minimum absolute atomic E-state index is 0.0527. The lowest BCUT2D eigenvalue weighted by Gasteiger charge is -2.18. The molecule has 0 heterocycles. The van der Waals surface area contributed by atoms with Crippen molar-refractivity contribution in [3.8, 4) is 0 Å². The molecule has 1 aromatic rings. The van der Waals surface area contributed by atoms with Gasteiger partial charge in [0.25, 0.3) is 0 Å². The van der Waals surface area contributed by atoms with E-state index >= 15 is 0 Å². The van der Waals surface area contributed by atoms with Crippen molar-refractivity contribution >= 4 is 51.0 Å². The highest BCUT2D eigenvalue weighted by atomic mass is 127. The number of benzene rings is 1. The molecule has 0 N–H and O–H groups in total. The van der Waals surface area contributed by atoms with Crippen LogP contribution in [0.25, 0.3) is 0 Å². The quantitative estimate of drug-likeness (QED) is 0.354. The lowest BCUT2D eigenvalue weighted by atomic mass is 10.1. The molecule has 1 nitrogen and oxygen atoms in total. The molecule has 0 fully saturated rings. The SMILES string of the molecule is O=C(c1cc(I)ccc1I)C(F)(F)C(F)(F)F. The molecule has 0 amide bonds. The van der Waals surface area contributed by atoms with Crippen LogP contribution in [0.4, 0.5) is 22.0 Å². The Morgan fingerprint density at radius 1 is 1.06 bits per heavy atom. The first-order valence-corrected chi connectivity index (χ1v) is 6.17. The van der Waals surface area contributed by atoms with Crippen molar-refractivity contribution in [3.05, 3.63) is 30.9 Å². The molecule has 17 heavy (non-hydrogen) atoms. The summed E-state index contributed by atoms with van der Waals surface area (Å²) in [4.78, 5) is 11.2. The molecule has 0 aromatic heterocycles. The summed E-state index contributed by atoms with van der Waals surface area (Å²) in [5.74, 6) is -7.59. The van der Waals surface area contributed by atoms with Gasteiger partial charge in [0, 0.05) is 12.7 Å². The Morgan fingerprint density at radius 2 is 1.59 bits per heavy atom. The Kier molecular flexibility index (Phi) is 4.37. The van der Waals surface area contributed by atoms with Crippen LogP contribution in [0.5, 0.6) is 0 Å². The number of hydrogen-bond donors (Lipinski definition) is 0. The zero-order valence-electron chi connectivity index (χ0n) is 7.79. The number of halogens is 7. The van der Waals surface area contributed by atoms with Gasteiger partial charge in [0.05, 0.1) is 0 Å². The van der Waals surface area contributed by atoms with Gasteiger partial charge in [0.2, 0.25) is 5.78 Å². The van der Waals surface area contributed by atoms with Gasteiger partial charge in [-0.15, -0.1) is 0 Å². The zero-order chi connectivity index (χ0) is 13.4. The maximum absolute atomic E-state index is 12.8. The van der Waals surface area contributed by atoms with Crippen LogP contribution >= 0.6 is 45.2 Å². The molecule has 0 aliphatic heterocycles.